The maximum atomic E-state index is 4.01. The van der Waals surface area contributed by atoms with Gasteiger partial charge in [-0.3, -0.25) is 0 Å². The van der Waals surface area contributed by atoms with E-state index in [0.717, 1.165) is 12.1 Å². The minimum atomic E-state index is 0.773. The van der Waals surface area contributed by atoms with Gasteiger partial charge in [-0.2, -0.15) is 0 Å². The van der Waals surface area contributed by atoms with Crippen LogP contribution in [0.25, 0.3) is 0 Å². The zero-order chi connectivity index (χ0) is 15.8. The van der Waals surface area contributed by atoms with Crippen molar-refractivity contribution in [3.63, 3.8) is 0 Å². The minimum absolute atomic E-state index is 0.773. The van der Waals surface area contributed by atoms with Crippen LogP contribution in [-0.4, -0.2) is 12.1 Å². The molecule has 0 aliphatic carbocycles. The maximum absolute atomic E-state index is 4.01. The fourth-order valence-electron chi connectivity index (χ4n) is 3.29. The molecule has 0 aromatic heterocycles. The lowest BCUT2D eigenvalue weighted by Gasteiger charge is -2.26. The summed E-state index contributed by atoms with van der Waals surface area (Å²) in [4.78, 5) is 0. The molecule has 0 rings (SSSR count). The molecule has 0 spiro atoms. The molecule has 0 saturated carbocycles. The van der Waals surface area contributed by atoms with E-state index in [4.69, 9.17) is 0 Å². The van der Waals surface area contributed by atoms with E-state index in [-0.39, 0.29) is 0 Å². The van der Waals surface area contributed by atoms with Gasteiger partial charge in [0.2, 0.25) is 0 Å². The molecule has 0 radical (unpaired) electrons. The van der Waals surface area contributed by atoms with Crippen LogP contribution in [0.4, 0.5) is 0 Å². The Balaban J connectivity index is 4.04. The molecular weight excluding hydrogens is 254 g/mol. The average molecular weight is 298 g/mol. The summed E-state index contributed by atoms with van der Waals surface area (Å²) in [6, 6.07) is 1.55. The van der Waals surface area contributed by atoms with Crippen LogP contribution in [0.3, 0.4) is 0 Å². The molecule has 0 bridgehead atoms. The fraction of sp³-hybridized carbons (Fsp3) is 1.00. The van der Waals surface area contributed by atoms with E-state index in [9.17, 15) is 0 Å². The molecule has 1 N–H and O–H groups in total. The van der Waals surface area contributed by atoms with Gasteiger partial charge in [-0.25, -0.2) is 0 Å². The largest absolute Gasteiger partial charge is 0.311 e. The van der Waals surface area contributed by atoms with Crippen LogP contribution >= 0.6 is 0 Å². The Morgan fingerprint density at radius 1 is 0.476 bits per heavy atom. The number of rotatable bonds is 16. The van der Waals surface area contributed by atoms with Crippen molar-refractivity contribution in [2.75, 3.05) is 0 Å². The first-order valence-corrected chi connectivity index (χ1v) is 10.0. The normalized spacial score (nSPS) is 14.3. The summed E-state index contributed by atoms with van der Waals surface area (Å²) in [6.07, 6.45) is 19.3. The van der Waals surface area contributed by atoms with Crippen LogP contribution in [0, 0.1) is 0 Å². The van der Waals surface area contributed by atoms with Gasteiger partial charge in [0.15, 0.2) is 0 Å². The molecule has 0 aromatic rings. The van der Waals surface area contributed by atoms with Crippen LogP contribution in [0.2, 0.25) is 0 Å². The summed E-state index contributed by atoms with van der Waals surface area (Å²) in [5.41, 5.74) is 0. The van der Waals surface area contributed by atoms with Gasteiger partial charge in [-0.1, -0.05) is 91.9 Å². The molecule has 21 heavy (non-hydrogen) atoms. The van der Waals surface area contributed by atoms with Gasteiger partial charge in [0.1, 0.15) is 0 Å². The van der Waals surface area contributed by atoms with E-state index in [1.54, 1.807) is 0 Å². The molecule has 0 saturated heterocycles. The monoisotopic (exact) mass is 297 g/mol. The van der Waals surface area contributed by atoms with E-state index < -0.39 is 0 Å². The Hall–Kier alpha value is -0.0400. The zero-order valence-corrected chi connectivity index (χ0v) is 15.6. The van der Waals surface area contributed by atoms with Crippen LogP contribution in [0.1, 0.15) is 118 Å². The van der Waals surface area contributed by atoms with Crippen molar-refractivity contribution in [3.8, 4) is 0 Å². The Kier molecular flexibility index (Phi) is 16.3. The van der Waals surface area contributed by atoms with Gasteiger partial charge in [0.05, 0.1) is 0 Å². The third-order valence-electron chi connectivity index (χ3n) is 4.56. The lowest BCUT2D eigenvalue weighted by Crippen LogP contribution is -2.38. The van der Waals surface area contributed by atoms with Gasteiger partial charge in [-0.05, 0) is 25.7 Å². The van der Waals surface area contributed by atoms with Gasteiger partial charge in [0, 0.05) is 12.1 Å². The van der Waals surface area contributed by atoms with E-state index in [0.29, 0.717) is 0 Å². The molecule has 128 valence electrons. The fourth-order valence-corrected chi connectivity index (χ4v) is 3.29. The first-order chi connectivity index (χ1) is 10.3. The molecule has 2 atom stereocenters. The van der Waals surface area contributed by atoms with Crippen LogP contribution in [0.15, 0.2) is 0 Å². The van der Waals surface area contributed by atoms with Crippen molar-refractivity contribution in [2.24, 2.45) is 0 Å². The summed E-state index contributed by atoms with van der Waals surface area (Å²) < 4.78 is 0. The highest BCUT2D eigenvalue weighted by Crippen LogP contribution is 2.15. The van der Waals surface area contributed by atoms with Crippen molar-refractivity contribution in [1.82, 2.24) is 5.32 Å². The topological polar surface area (TPSA) is 12.0 Å². The van der Waals surface area contributed by atoms with E-state index in [1.165, 1.54) is 89.9 Å². The van der Waals surface area contributed by atoms with Gasteiger partial charge < -0.3 is 5.32 Å². The molecular formula is C20H43N. The predicted octanol–water partition coefficient (Wildman–Crippen LogP) is 6.85. The Bertz CT molecular complexity index is 170. The van der Waals surface area contributed by atoms with Gasteiger partial charge >= 0.3 is 0 Å². The number of unbranched alkanes of at least 4 members (excludes halogenated alkanes) is 6. The summed E-state index contributed by atoms with van der Waals surface area (Å²) in [5.74, 6) is 0. The van der Waals surface area contributed by atoms with Crippen molar-refractivity contribution in [1.29, 1.82) is 0 Å². The second kappa shape index (κ2) is 16.3. The minimum Gasteiger partial charge on any atom is -0.311 e. The number of nitrogens with one attached hydrogen (secondary N) is 1. The first-order valence-electron chi connectivity index (χ1n) is 10.0. The van der Waals surface area contributed by atoms with Crippen LogP contribution in [-0.2, 0) is 0 Å². The molecule has 0 aromatic carbocycles. The zero-order valence-electron chi connectivity index (χ0n) is 15.6. The third kappa shape index (κ3) is 13.4. The summed E-state index contributed by atoms with van der Waals surface area (Å²) in [6.45, 7) is 9.26. The van der Waals surface area contributed by atoms with Crippen molar-refractivity contribution >= 4 is 0 Å². The highest BCUT2D eigenvalue weighted by atomic mass is 14.9. The molecule has 0 fully saturated rings. The van der Waals surface area contributed by atoms with E-state index >= 15 is 0 Å². The standard InChI is InChI=1S/C20H43N/c1-5-9-11-13-17-19(15-7-3)21-20(16-8-4)18-14-12-10-6-2/h19-21H,5-18H2,1-4H3. The predicted molar refractivity (Wildman–Crippen MR) is 98.0 cm³/mol. The number of hydrogen-bond acceptors (Lipinski definition) is 1. The molecule has 2 unspecified atom stereocenters. The summed E-state index contributed by atoms with van der Waals surface area (Å²) in [7, 11) is 0. The first kappa shape index (κ1) is 21.0. The van der Waals surface area contributed by atoms with E-state index in [1.807, 2.05) is 0 Å². The molecule has 0 aliphatic heterocycles. The SMILES string of the molecule is CCCCCCC(CCC)NC(CCC)CCCCCC. The van der Waals surface area contributed by atoms with Crippen molar-refractivity contribution in [2.45, 2.75) is 130 Å². The molecule has 0 aliphatic rings. The summed E-state index contributed by atoms with van der Waals surface area (Å²) in [5, 5.41) is 4.01. The lowest BCUT2D eigenvalue weighted by molar-refractivity contribution is 0.341. The summed E-state index contributed by atoms with van der Waals surface area (Å²) >= 11 is 0. The van der Waals surface area contributed by atoms with Crippen LogP contribution < -0.4 is 5.32 Å². The lowest BCUT2D eigenvalue weighted by atomic mass is 9.98. The van der Waals surface area contributed by atoms with Gasteiger partial charge in [-0.15, -0.1) is 0 Å². The molecule has 0 heterocycles. The Labute approximate surface area is 135 Å². The second-order valence-corrected chi connectivity index (χ2v) is 6.84. The second-order valence-electron chi connectivity index (χ2n) is 6.84. The Morgan fingerprint density at radius 3 is 1.24 bits per heavy atom. The molecule has 0 amide bonds. The van der Waals surface area contributed by atoms with Crippen molar-refractivity contribution in [3.05, 3.63) is 0 Å². The van der Waals surface area contributed by atoms with Crippen LogP contribution in [0.5, 0.6) is 0 Å². The quantitative estimate of drug-likeness (QED) is 0.307. The molecule has 1 nitrogen and oxygen atoms in total. The van der Waals surface area contributed by atoms with E-state index in [2.05, 4.69) is 33.0 Å². The smallest absolute Gasteiger partial charge is 0.00695 e. The average Bonchev–Trinajstić information content (AvgIpc) is 2.48. The Morgan fingerprint density at radius 2 is 0.905 bits per heavy atom. The maximum Gasteiger partial charge on any atom is 0.00695 e. The van der Waals surface area contributed by atoms with Gasteiger partial charge in [0.25, 0.3) is 0 Å². The third-order valence-corrected chi connectivity index (χ3v) is 4.56. The highest BCUT2D eigenvalue weighted by molar-refractivity contribution is 4.74. The van der Waals surface area contributed by atoms with Crippen molar-refractivity contribution < 1.29 is 0 Å². The molecule has 1 heteroatoms. The highest BCUT2D eigenvalue weighted by Gasteiger charge is 2.13. The number of hydrogen-bond donors (Lipinski definition) is 1.